The molecule has 0 aromatic carbocycles. The van der Waals surface area contributed by atoms with Gasteiger partial charge < -0.3 is 10.2 Å². The van der Waals surface area contributed by atoms with Crippen molar-refractivity contribution in [3.63, 3.8) is 0 Å². The molecule has 0 unspecified atom stereocenters. The first kappa shape index (κ1) is 16.5. The van der Waals surface area contributed by atoms with Gasteiger partial charge in [-0.3, -0.25) is 4.79 Å². The van der Waals surface area contributed by atoms with Crippen molar-refractivity contribution in [2.45, 2.75) is 60.0 Å². The molecule has 0 amide bonds. The van der Waals surface area contributed by atoms with E-state index < -0.39 is 6.10 Å². The van der Waals surface area contributed by atoms with Crippen molar-refractivity contribution < 1.29 is 15.0 Å². The molecule has 2 N–H and O–H groups in total. The van der Waals surface area contributed by atoms with Crippen LogP contribution in [0, 0.1) is 22.7 Å². The van der Waals surface area contributed by atoms with Gasteiger partial charge in [0.1, 0.15) is 0 Å². The predicted octanol–water partition coefficient (Wildman–Crippen LogP) is 4.10. The van der Waals surface area contributed by atoms with Gasteiger partial charge in [0, 0.05) is 11.5 Å². The number of fused-ring (bicyclic) bond motifs is 3. The number of hydrogen-bond acceptors (Lipinski definition) is 3. The Morgan fingerprint density at radius 3 is 2.48 bits per heavy atom. The maximum Gasteiger partial charge on any atom is 0.220 e. The zero-order chi connectivity index (χ0) is 17.2. The Hall–Kier alpha value is -1.35. The second kappa shape index (κ2) is 5.07. The third-order valence-corrected chi connectivity index (χ3v) is 6.26. The van der Waals surface area contributed by atoms with E-state index in [0.717, 1.165) is 30.4 Å². The fourth-order valence-corrected chi connectivity index (χ4v) is 5.41. The Morgan fingerprint density at radius 1 is 1.22 bits per heavy atom. The van der Waals surface area contributed by atoms with Crippen LogP contribution >= 0.6 is 0 Å². The van der Waals surface area contributed by atoms with Gasteiger partial charge in [-0.2, -0.15) is 0 Å². The number of carbonyl (C=O) groups is 1. The topological polar surface area (TPSA) is 57.5 Å². The molecule has 0 aliphatic heterocycles. The fourth-order valence-electron chi connectivity index (χ4n) is 5.41. The summed E-state index contributed by atoms with van der Waals surface area (Å²) in [5.74, 6) is -0.307. The lowest BCUT2D eigenvalue weighted by Gasteiger charge is -2.56. The smallest absolute Gasteiger partial charge is 0.220 e. The molecule has 3 heteroatoms. The van der Waals surface area contributed by atoms with E-state index in [0.29, 0.717) is 5.57 Å². The first-order chi connectivity index (χ1) is 10.6. The summed E-state index contributed by atoms with van der Waals surface area (Å²) in [7, 11) is 0. The van der Waals surface area contributed by atoms with Crippen molar-refractivity contribution >= 4 is 5.78 Å². The van der Waals surface area contributed by atoms with Gasteiger partial charge in [-0.1, -0.05) is 41.0 Å². The van der Waals surface area contributed by atoms with E-state index in [4.69, 9.17) is 0 Å². The lowest BCUT2D eigenvalue weighted by molar-refractivity contribution is -0.114. The summed E-state index contributed by atoms with van der Waals surface area (Å²) >= 11 is 0. The molecule has 23 heavy (non-hydrogen) atoms. The predicted molar refractivity (Wildman–Crippen MR) is 90.9 cm³/mol. The van der Waals surface area contributed by atoms with E-state index in [-0.39, 0.29) is 34.2 Å². The third kappa shape index (κ3) is 2.24. The molecule has 1 saturated carbocycles. The van der Waals surface area contributed by atoms with Gasteiger partial charge in [0.05, 0.1) is 6.10 Å². The van der Waals surface area contributed by atoms with Gasteiger partial charge >= 0.3 is 0 Å². The summed E-state index contributed by atoms with van der Waals surface area (Å²) in [4.78, 5) is 12.3. The molecular formula is C20H28O3. The Balaban J connectivity index is 2.23. The minimum atomic E-state index is -0.544. The zero-order valence-corrected chi connectivity index (χ0v) is 14.8. The van der Waals surface area contributed by atoms with Crippen molar-refractivity contribution in [2.75, 3.05) is 0 Å². The van der Waals surface area contributed by atoms with Gasteiger partial charge in [-0.15, -0.1) is 0 Å². The first-order valence-corrected chi connectivity index (χ1v) is 8.70. The minimum Gasteiger partial charge on any atom is -0.504 e. The molecule has 126 valence electrons. The summed E-state index contributed by atoms with van der Waals surface area (Å²) in [6, 6.07) is 0. The second-order valence-corrected chi connectivity index (χ2v) is 8.65. The molecule has 0 aromatic heterocycles. The van der Waals surface area contributed by atoms with E-state index in [9.17, 15) is 15.0 Å². The number of carbonyl (C=O) groups excluding carboxylic acids is 1. The molecule has 3 aliphatic carbocycles. The van der Waals surface area contributed by atoms with Crippen molar-refractivity contribution in [1.82, 2.24) is 0 Å². The van der Waals surface area contributed by atoms with E-state index in [1.807, 2.05) is 19.9 Å². The Labute approximate surface area is 138 Å². The maximum absolute atomic E-state index is 12.3. The number of rotatable bonds is 1. The van der Waals surface area contributed by atoms with Crippen LogP contribution < -0.4 is 0 Å². The molecule has 3 nitrogen and oxygen atoms in total. The summed E-state index contributed by atoms with van der Waals surface area (Å²) in [5, 5.41) is 21.2. The maximum atomic E-state index is 12.3. The molecule has 0 bridgehead atoms. The van der Waals surface area contributed by atoms with Crippen molar-refractivity contribution in [1.29, 1.82) is 0 Å². The minimum absolute atomic E-state index is 0.0273. The van der Waals surface area contributed by atoms with E-state index >= 15 is 0 Å². The molecule has 3 aliphatic rings. The van der Waals surface area contributed by atoms with Crippen LogP contribution in [0.5, 0.6) is 0 Å². The summed E-state index contributed by atoms with van der Waals surface area (Å²) in [6.07, 6.45) is 6.11. The van der Waals surface area contributed by atoms with Crippen molar-refractivity contribution in [2.24, 2.45) is 22.7 Å². The Kier molecular flexibility index (Phi) is 3.64. The molecule has 3 rings (SSSR count). The monoisotopic (exact) mass is 316 g/mol. The van der Waals surface area contributed by atoms with Gasteiger partial charge in [-0.25, -0.2) is 0 Å². The van der Waals surface area contributed by atoms with Crippen molar-refractivity contribution in [3.05, 3.63) is 34.6 Å². The van der Waals surface area contributed by atoms with E-state index in [2.05, 4.69) is 20.8 Å². The Morgan fingerprint density at radius 2 is 1.87 bits per heavy atom. The molecule has 3 atom stereocenters. The molecule has 0 saturated heterocycles. The zero-order valence-electron chi connectivity index (χ0n) is 14.8. The highest BCUT2D eigenvalue weighted by Crippen LogP contribution is 2.61. The normalized spacial score (nSPS) is 36.4. The average molecular weight is 316 g/mol. The van der Waals surface area contributed by atoms with Crippen LogP contribution in [0.15, 0.2) is 34.6 Å². The van der Waals surface area contributed by atoms with Crippen LogP contribution in [0.25, 0.3) is 0 Å². The lowest BCUT2D eigenvalue weighted by Crippen LogP contribution is -2.52. The summed E-state index contributed by atoms with van der Waals surface area (Å²) in [5.41, 5.74) is 2.41. The number of allylic oxidation sites excluding steroid dienone is 4. The summed E-state index contributed by atoms with van der Waals surface area (Å²) < 4.78 is 0. The highest BCUT2D eigenvalue weighted by molar-refractivity contribution is 6.06. The van der Waals surface area contributed by atoms with E-state index in [1.54, 1.807) is 6.08 Å². The number of hydrogen-bond donors (Lipinski definition) is 2. The standard InChI is InChI=1S/C20H28O3/c1-11(2)16-12-9-15(22)18-19(3,4)7-6-8-20(18,5)13(12)10-14(21)17(16)23/h9-11,15,18,22-23H,6-8H2,1-5H3/t15-,18-,20+/m0/s1. The second-order valence-electron chi connectivity index (χ2n) is 8.65. The van der Waals surface area contributed by atoms with Gasteiger partial charge in [0.25, 0.3) is 0 Å². The Bertz CT molecular complexity index is 648. The van der Waals surface area contributed by atoms with Crippen LogP contribution in [0.1, 0.15) is 53.9 Å². The summed E-state index contributed by atoms with van der Waals surface area (Å²) in [6.45, 7) is 10.6. The molecule has 0 aromatic rings. The lowest BCUT2D eigenvalue weighted by atomic mass is 9.48. The number of ketones is 1. The molecule has 0 spiro atoms. The van der Waals surface area contributed by atoms with Crippen LogP contribution in [-0.2, 0) is 4.79 Å². The van der Waals surface area contributed by atoms with Crippen molar-refractivity contribution in [3.8, 4) is 0 Å². The van der Waals surface area contributed by atoms with Gasteiger partial charge in [-0.05, 0) is 52.9 Å². The van der Waals surface area contributed by atoms with Gasteiger partial charge in [0.2, 0.25) is 5.78 Å². The molecule has 1 fully saturated rings. The van der Waals surface area contributed by atoms with Crippen LogP contribution in [0.3, 0.4) is 0 Å². The first-order valence-electron chi connectivity index (χ1n) is 8.70. The fraction of sp³-hybridized carbons (Fsp3) is 0.650. The molecule has 0 radical (unpaired) electrons. The largest absolute Gasteiger partial charge is 0.504 e. The highest BCUT2D eigenvalue weighted by atomic mass is 16.3. The van der Waals surface area contributed by atoms with Crippen LogP contribution in [0.2, 0.25) is 0 Å². The highest BCUT2D eigenvalue weighted by Gasteiger charge is 2.55. The van der Waals surface area contributed by atoms with Gasteiger partial charge in [0.15, 0.2) is 5.76 Å². The SMILES string of the molecule is CC(C)C1=C(O)C(=O)C=C2C1=C[C@H](O)[C@H]1C(C)(C)CCC[C@]21C. The number of aliphatic hydroxyl groups is 2. The molecule has 0 heterocycles. The average Bonchev–Trinajstić information content (AvgIpc) is 2.39. The van der Waals surface area contributed by atoms with Crippen LogP contribution in [-0.4, -0.2) is 22.1 Å². The molecular weight excluding hydrogens is 288 g/mol. The van der Waals surface area contributed by atoms with E-state index in [1.165, 1.54) is 0 Å². The quantitative estimate of drug-likeness (QED) is 0.766. The number of aliphatic hydroxyl groups excluding tert-OH is 2. The third-order valence-electron chi connectivity index (χ3n) is 6.26. The van der Waals surface area contributed by atoms with Crippen LogP contribution in [0.4, 0.5) is 0 Å².